The van der Waals surface area contributed by atoms with E-state index in [1.165, 1.54) is 0 Å². The van der Waals surface area contributed by atoms with Gasteiger partial charge in [0.15, 0.2) is 0 Å². The number of rotatable bonds is 4. The number of nitrogen functional groups attached to an aromatic ring is 2. The molecule has 0 bridgehead atoms. The average molecular weight is 308 g/mol. The Balaban J connectivity index is 2.11. The number of fused-ring (bicyclic) bond motifs is 1. The molecule has 2 aromatic carbocycles. The highest BCUT2D eigenvalue weighted by Crippen LogP contribution is 2.24. The molecule has 6 N–H and O–H groups in total. The van der Waals surface area contributed by atoms with Crippen LogP contribution in [0.25, 0.3) is 10.9 Å². The third kappa shape index (κ3) is 2.74. The molecule has 0 unspecified atom stereocenters. The fourth-order valence-corrected chi connectivity index (χ4v) is 2.66. The van der Waals surface area contributed by atoms with E-state index in [0.29, 0.717) is 17.8 Å². The summed E-state index contributed by atoms with van der Waals surface area (Å²) in [4.78, 5) is 11.5. The monoisotopic (exact) mass is 308 g/mol. The second-order valence-electron chi connectivity index (χ2n) is 5.35. The van der Waals surface area contributed by atoms with E-state index >= 15 is 0 Å². The molecule has 0 radical (unpaired) electrons. The molecule has 116 valence electrons. The number of carboxylic acids is 1. The number of hydrogen-bond donors (Lipinski definition) is 4. The molecule has 0 spiro atoms. The number of hydrogen-bond acceptors (Lipinski definition) is 3. The second kappa shape index (κ2) is 5.49. The Bertz CT molecular complexity index is 927. The van der Waals surface area contributed by atoms with Gasteiger partial charge in [-0.1, -0.05) is 18.2 Å². The maximum Gasteiger partial charge on any atom is 0.352 e. The van der Waals surface area contributed by atoms with Crippen molar-refractivity contribution in [1.29, 1.82) is 5.41 Å². The van der Waals surface area contributed by atoms with Crippen LogP contribution in [0.1, 0.15) is 21.6 Å². The maximum atomic E-state index is 11.5. The van der Waals surface area contributed by atoms with E-state index in [4.69, 9.17) is 16.9 Å². The number of nitrogens with one attached hydrogen (secondary N) is 1. The molecule has 6 heteroatoms. The van der Waals surface area contributed by atoms with Gasteiger partial charge in [-0.15, -0.1) is 0 Å². The molecule has 3 aromatic rings. The van der Waals surface area contributed by atoms with Crippen molar-refractivity contribution < 1.29 is 9.90 Å². The van der Waals surface area contributed by atoms with E-state index in [1.54, 1.807) is 41.0 Å². The topological polar surface area (TPSA) is 118 Å². The first-order valence-electron chi connectivity index (χ1n) is 7.01. The van der Waals surface area contributed by atoms with Crippen LogP contribution in [-0.4, -0.2) is 21.5 Å². The molecule has 0 saturated heterocycles. The quantitative estimate of drug-likeness (QED) is 0.336. The maximum absolute atomic E-state index is 11.5. The Hall–Kier alpha value is -3.28. The predicted octanol–water partition coefficient (Wildman–Crippen LogP) is 2.25. The molecular weight excluding hydrogens is 292 g/mol. The van der Waals surface area contributed by atoms with Crippen molar-refractivity contribution in [2.24, 2.45) is 5.73 Å². The Morgan fingerprint density at radius 1 is 1.17 bits per heavy atom. The van der Waals surface area contributed by atoms with Gasteiger partial charge in [0, 0.05) is 28.7 Å². The van der Waals surface area contributed by atoms with Crippen LogP contribution in [0.4, 0.5) is 5.69 Å². The lowest BCUT2D eigenvalue weighted by Crippen LogP contribution is -2.13. The molecule has 3 rings (SSSR count). The highest BCUT2D eigenvalue weighted by molar-refractivity contribution is 5.96. The van der Waals surface area contributed by atoms with Crippen LogP contribution in [0, 0.1) is 5.41 Å². The molecule has 0 atom stereocenters. The van der Waals surface area contributed by atoms with Crippen molar-refractivity contribution in [3.05, 3.63) is 65.4 Å². The first-order valence-corrected chi connectivity index (χ1v) is 7.01. The normalized spacial score (nSPS) is 10.8. The van der Waals surface area contributed by atoms with Crippen molar-refractivity contribution in [2.45, 2.75) is 6.54 Å². The standard InChI is InChI=1S/C17H16N4O2/c18-13-4-5-14-12(7-13)8-15(17(22)23)21(14)9-10-2-1-3-11(6-10)16(19)20/h1-8H,9,18H2,(H3,19,20)(H,22,23). The number of carboxylic acid groups (broad SMARTS) is 1. The van der Waals surface area contributed by atoms with Gasteiger partial charge < -0.3 is 21.1 Å². The lowest BCUT2D eigenvalue weighted by Gasteiger charge is -2.10. The third-order valence-corrected chi connectivity index (χ3v) is 3.72. The molecule has 23 heavy (non-hydrogen) atoms. The largest absolute Gasteiger partial charge is 0.477 e. The van der Waals surface area contributed by atoms with Crippen LogP contribution in [0.2, 0.25) is 0 Å². The number of aromatic nitrogens is 1. The predicted molar refractivity (Wildman–Crippen MR) is 89.9 cm³/mol. The SMILES string of the molecule is N=C(N)c1cccc(Cn2c(C(=O)O)cc3cc(N)ccc32)c1. The zero-order valence-electron chi connectivity index (χ0n) is 12.3. The number of nitrogens with two attached hydrogens (primary N) is 2. The summed E-state index contributed by atoms with van der Waals surface area (Å²) in [5.74, 6) is -1.02. The Morgan fingerprint density at radius 3 is 2.65 bits per heavy atom. The minimum Gasteiger partial charge on any atom is -0.477 e. The van der Waals surface area contributed by atoms with Gasteiger partial charge in [0.1, 0.15) is 11.5 Å². The van der Waals surface area contributed by atoms with Crippen molar-refractivity contribution in [1.82, 2.24) is 4.57 Å². The number of benzene rings is 2. The molecule has 1 aromatic heterocycles. The van der Waals surface area contributed by atoms with Gasteiger partial charge in [-0.2, -0.15) is 0 Å². The summed E-state index contributed by atoms with van der Waals surface area (Å²) in [5.41, 5.74) is 14.3. The highest BCUT2D eigenvalue weighted by Gasteiger charge is 2.15. The van der Waals surface area contributed by atoms with Gasteiger partial charge in [-0.05, 0) is 35.9 Å². The van der Waals surface area contributed by atoms with Crippen LogP contribution in [0.3, 0.4) is 0 Å². The lowest BCUT2D eigenvalue weighted by molar-refractivity contribution is 0.0686. The molecule has 0 saturated carbocycles. The molecule has 0 aliphatic heterocycles. The minimum atomic E-state index is -0.998. The summed E-state index contributed by atoms with van der Waals surface area (Å²) in [6, 6.07) is 14.1. The Kier molecular flexibility index (Phi) is 3.50. The number of anilines is 1. The molecule has 0 aliphatic carbocycles. The van der Waals surface area contributed by atoms with E-state index in [2.05, 4.69) is 0 Å². The van der Waals surface area contributed by atoms with Crippen LogP contribution in [0.5, 0.6) is 0 Å². The van der Waals surface area contributed by atoms with E-state index in [1.807, 2.05) is 12.1 Å². The fourth-order valence-electron chi connectivity index (χ4n) is 2.66. The summed E-state index contributed by atoms with van der Waals surface area (Å²) in [6.45, 7) is 0.371. The van der Waals surface area contributed by atoms with Crippen molar-refractivity contribution in [2.75, 3.05) is 5.73 Å². The first-order chi connectivity index (χ1) is 11.0. The van der Waals surface area contributed by atoms with E-state index < -0.39 is 5.97 Å². The molecule has 1 heterocycles. The zero-order chi connectivity index (χ0) is 16.6. The average Bonchev–Trinajstić information content (AvgIpc) is 2.85. The van der Waals surface area contributed by atoms with Gasteiger partial charge in [0.05, 0.1) is 0 Å². The van der Waals surface area contributed by atoms with Gasteiger partial charge in [-0.25, -0.2) is 4.79 Å². The number of amidine groups is 1. The molecule has 0 fully saturated rings. The van der Waals surface area contributed by atoms with E-state index in [-0.39, 0.29) is 11.5 Å². The number of nitrogens with zero attached hydrogens (tertiary/aromatic N) is 1. The minimum absolute atomic E-state index is 0.0181. The van der Waals surface area contributed by atoms with Gasteiger partial charge in [0.2, 0.25) is 0 Å². The summed E-state index contributed by atoms with van der Waals surface area (Å²) in [5, 5.41) is 17.7. The zero-order valence-corrected chi connectivity index (χ0v) is 12.3. The summed E-state index contributed by atoms with van der Waals surface area (Å²) >= 11 is 0. The smallest absolute Gasteiger partial charge is 0.352 e. The number of carbonyl (C=O) groups is 1. The summed E-state index contributed by atoms with van der Waals surface area (Å²) in [7, 11) is 0. The van der Waals surface area contributed by atoms with Crippen molar-refractivity contribution in [3.63, 3.8) is 0 Å². The van der Waals surface area contributed by atoms with E-state index in [0.717, 1.165) is 16.5 Å². The van der Waals surface area contributed by atoms with Crippen LogP contribution >= 0.6 is 0 Å². The van der Waals surface area contributed by atoms with Gasteiger partial charge in [0.25, 0.3) is 0 Å². The fraction of sp³-hybridized carbons (Fsp3) is 0.0588. The number of aromatic carboxylic acids is 1. The van der Waals surface area contributed by atoms with Crippen molar-refractivity contribution >= 4 is 28.4 Å². The van der Waals surface area contributed by atoms with Crippen LogP contribution in [-0.2, 0) is 6.54 Å². The molecular formula is C17H16N4O2. The summed E-state index contributed by atoms with van der Waals surface area (Å²) < 4.78 is 1.72. The summed E-state index contributed by atoms with van der Waals surface area (Å²) in [6.07, 6.45) is 0. The first kappa shape index (κ1) is 14.6. The Morgan fingerprint density at radius 2 is 1.96 bits per heavy atom. The van der Waals surface area contributed by atoms with Crippen LogP contribution < -0.4 is 11.5 Å². The lowest BCUT2D eigenvalue weighted by atomic mass is 10.1. The van der Waals surface area contributed by atoms with Gasteiger partial charge in [-0.3, -0.25) is 5.41 Å². The third-order valence-electron chi connectivity index (χ3n) is 3.72. The second-order valence-corrected chi connectivity index (χ2v) is 5.35. The molecule has 6 nitrogen and oxygen atoms in total. The molecule has 0 aliphatic rings. The van der Waals surface area contributed by atoms with Crippen molar-refractivity contribution in [3.8, 4) is 0 Å². The van der Waals surface area contributed by atoms with Gasteiger partial charge >= 0.3 is 5.97 Å². The molecule has 0 amide bonds. The van der Waals surface area contributed by atoms with Crippen LogP contribution in [0.15, 0.2) is 48.5 Å². The van der Waals surface area contributed by atoms with E-state index in [9.17, 15) is 9.90 Å². The Labute approximate surface area is 132 Å². The highest BCUT2D eigenvalue weighted by atomic mass is 16.4.